The van der Waals surface area contributed by atoms with Crippen molar-refractivity contribution in [3.8, 4) is 0 Å². The topological polar surface area (TPSA) is 54.0 Å². The number of hydrogen-bond acceptors (Lipinski definition) is 3. The summed E-state index contributed by atoms with van der Waals surface area (Å²) < 4.78 is 13.6. The predicted octanol–water partition coefficient (Wildman–Crippen LogP) is 4.87. The number of carbonyl (C=O) groups excluding carboxylic acids is 1. The van der Waals surface area contributed by atoms with E-state index in [0.29, 0.717) is 27.8 Å². The van der Waals surface area contributed by atoms with Crippen LogP contribution in [0.4, 0.5) is 21.6 Å². The third-order valence-corrected chi connectivity index (χ3v) is 3.61. The third kappa shape index (κ3) is 3.70. The summed E-state index contributed by atoms with van der Waals surface area (Å²) in [5.74, 6) is -0.262. The number of para-hydroxylation sites is 2. The smallest absolute Gasteiger partial charge is 0.257 e. The molecule has 0 saturated carbocycles. The normalized spacial score (nSPS) is 10.2. The van der Waals surface area contributed by atoms with Gasteiger partial charge in [-0.3, -0.25) is 4.79 Å². The number of amides is 1. The average Bonchev–Trinajstić information content (AvgIpc) is 2.59. The van der Waals surface area contributed by atoms with Gasteiger partial charge in [0.2, 0.25) is 0 Å². The summed E-state index contributed by atoms with van der Waals surface area (Å²) in [6.07, 6.45) is 1.41. The van der Waals surface area contributed by atoms with Crippen LogP contribution in [0.15, 0.2) is 66.9 Å². The molecule has 0 aliphatic heterocycles. The Morgan fingerprint density at radius 3 is 2.33 bits per heavy atom. The van der Waals surface area contributed by atoms with Crippen LogP contribution in [0.25, 0.3) is 0 Å². The lowest BCUT2D eigenvalue weighted by Crippen LogP contribution is -2.12. The summed E-state index contributed by atoms with van der Waals surface area (Å²) in [5, 5.41) is 6.03. The van der Waals surface area contributed by atoms with Gasteiger partial charge < -0.3 is 10.6 Å². The van der Waals surface area contributed by atoms with E-state index in [1.807, 2.05) is 0 Å². The van der Waals surface area contributed by atoms with Crippen LogP contribution >= 0.6 is 11.6 Å². The monoisotopic (exact) mass is 341 g/mol. The number of nitrogens with zero attached hydrogens (tertiary/aromatic N) is 1. The minimum atomic E-state index is -0.375. The molecule has 2 N–H and O–H groups in total. The average molecular weight is 342 g/mol. The second-order valence-electron chi connectivity index (χ2n) is 4.97. The summed E-state index contributed by atoms with van der Waals surface area (Å²) in [6, 6.07) is 16.5. The van der Waals surface area contributed by atoms with Crippen LogP contribution < -0.4 is 10.6 Å². The molecular weight excluding hydrogens is 329 g/mol. The Labute approximate surface area is 143 Å². The Morgan fingerprint density at radius 2 is 1.67 bits per heavy atom. The molecule has 0 atom stereocenters. The van der Waals surface area contributed by atoms with Crippen molar-refractivity contribution in [3.63, 3.8) is 0 Å². The van der Waals surface area contributed by atoms with Crippen LogP contribution in [0.1, 0.15) is 10.4 Å². The van der Waals surface area contributed by atoms with Crippen LogP contribution in [-0.2, 0) is 0 Å². The number of rotatable bonds is 4. The van der Waals surface area contributed by atoms with Gasteiger partial charge in [-0.15, -0.1) is 0 Å². The van der Waals surface area contributed by atoms with E-state index < -0.39 is 0 Å². The van der Waals surface area contributed by atoms with Gasteiger partial charge in [0.25, 0.3) is 5.91 Å². The van der Waals surface area contributed by atoms with Gasteiger partial charge in [0.1, 0.15) is 11.6 Å². The molecule has 1 aromatic heterocycles. The quantitative estimate of drug-likeness (QED) is 0.711. The number of aromatic nitrogens is 1. The summed E-state index contributed by atoms with van der Waals surface area (Å²) in [6.45, 7) is 0. The van der Waals surface area contributed by atoms with E-state index in [9.17, 15) is 9.18 Å². The van der Waals surface area contributed by atoms with Crippen molar-refractivity contribution in [2.75, 3.05) is 10.6 Å². The summed E-state index contributed by atoms with van der Waals surface area (Å²) in [7, 11) is 0. The van der Waals surface area contributed by atoms with Gasteiger partial charge in [0, 0.05) is 6.20 Å². The molecule has 1 amide bonds. The lowest BCUT2D eigenvalue weighted by atomic mass is 10.2. The Bertz CT molecular complexity index is 868. The molecule has 0 radical (unpaired) electrons. The second-order valence-corrected chi connectivity index (χ2v) is 5.38. The SMILES string of the molecule is O=C(Nc1ccccc1Cl)c1ccc(Nc2ccccc2F)nc1. The molecule has 0 bridgehead atoms. The number of pyridine rings is 1. The van der Waals surface area contributed by atoms with Crippen LogP contribution in [0.2, 0.25) is 5.02 Å². The number of halogens is 2. The minimum Gasteiger partial charge on any atom is -0.338 e. The molecule has 0 aliphatic rings. The first kappa shape index (κ1) is 16.0. The molecule has 0 unspecified atom stereocenters. The lowest BCUT2D eigenvalue weighted by molar-refractivity contribution is 0.102. The molecule has 120 valence electrons. The van der Waals surface area contributed by atoms with Gasteiger partial charge in [-0.25, -0.2) is 9.37 Å². The van der Waals surface area contributed by atoms with Crippen molar-refractivity contribution in [3.05, 3.63) is 83.3 Å². The first-order valence-corrected chi connectivity index (χ1v) is 7.55. The summed E-state index contributed by atoms with van der Waals surface area (Å²) >= 11 is 6.01. The molecule has 4 nitrogen and oxygen atoms in total. The zero-order valence-electron chi connectivity index (χ0n) is 12.5. The van der Waals surface area contributed by atoms with Crippen LogP contribution in [0.3, 0.4) is 0 Å². The first-order valence-electron chi connectivity index (χ1n) is 7.17. The number of benzene rings is 2. The fourth-order valence-electron chi connectivity index (χ4n) is 2.06. The number of hydrogen-bond donors (Lipinski definition) is 2. The van der Waals surface area contributed by atoms with Crippen molar-refractivity contribution >= 4 is 34.7 Å². The largest absolute Gasteiger partial charge is 0.338 e. The third-order valence-electron chi connectivity index (χ3n) is 3.28. The van der Waals surface area contributed by atoms with E-state index >= 15 is 0 Å². The fraction of sp³-hybridized carbons (Fsp3) is 0. The molecule has 0 fully saturated rings. The molecule has 24 heavy (non-hydrogen) atoms. The van der Waals surface area contributed by atoms with Crippen molar-refractivity contribution in [2.45, 2.75) is 0 Å². The van der Waals surface area contributed by atoms with E-state index in [4.69, 9.17) is 11.6 Å². The Balaban J connectivity index is 1.71. The standard InChI is InChI=1S/C18H13ClFN3O/c19-13-5-1-3-7-15(13)23-18(24)12-9-10-17(21-11-12)22-16-8-4-2-6-14(16)20/h1-11H,(H,21,22)(H,23,24). The lowest BCUT2D eigenvalue weighted by Gasteiger charge is -2.09. The zero-order valence-corrected chi connectivity index (χ0v) is 13.2. The van der Waals surface area contributed by atoms with E-state index in [-0.39, 0.29) is 11.7 Å². The van der Waals surface area contributed by atoms with Crippen LogP contribution in [0.5, 0.6) is 0 Å². The molecule has 0 saturated heterocycles. The molecule has 0 spiro atoms. The number of nitrogens with one attached hydrogen (secondary N) is 2. The highest BCUT2D eigenvalue weighted by Crippen LogP contribution is 2.22. The highest BCUT2D eigenvalue weighted by molar-refractivity contribution is 6.33. The van der Waals surface area contributed by atoms with E-state index in [1.54, 1.807) is 54.6 Å². The van der Waals surface area contributed by atoms with Crippen molar-refractivity contribution < 1.29 is 9.18 Å². The van der Waals surface area contributed by atoms with Crippen molar-refractivity contribution in [2.24, 2.45) is 0 Å². The second kappa shape index (κ2) is 7.10. The van der Waals surface area contributed by atoms with Gasteiger partial charge in [0.15, 0.2) is 0 Å². The maximum atomic E-state index is 13.6. The Kier molecular flexibility index (Phi) is 4.72. The van der Waals surface area contributed by atoms with Gasteiger partial charge in [-0.05, 0) is 36.4 Å². The Hall–Kier alpha value is -2.92. The van der Waals surface area contributed by atoms with Gasteiger partial charge in [0.05, 0.1) is 22.0 Å². The van der Waals surface area contributed by atoms with Gasteiger partial charge >= 0.3 is 0 Å². The number of carbonyl (C=O) groups is 1. The molecule has 1 heterocycles. The van der Waals surface area contributed by atoms with Crippen LogP contribution in [-0.4, -0.2) is 10.9 Å². The minimum absolute atomic E-state index is 0.318. The van der Waals surface area contributed by atoms with E-state index in [2.05, 4.69) is 15.6 Å². The highest BCUT2D eigenvalue weighted by atomic mass is 35.5. The number of anilines is 3. The van der Waals surface area contributed by atoms with E-state index in [0.717, 1.165) is 0 Å². The molecular formula is C18H13ClFN3O. The molecule has 2 aromatic carbocycles. The highest BCUT2D eigenvalue weighted by Gasteiger charge is 2.09. The van der Waals surface area contributed by atoms with Crippen LogP contribution in [0, 0.1) is 5.82 Å². The zero-order chi connectivity index (χ0) is 16.9. The Morgan fingerprint density at radius 1 is 0.958 bits per heavy atom. The van der Waals surface area contributed by atoms with Gasteiger partial charge in [-0.1, -0.05) is 35.9 Å². The maximum absolute atomic E-state index is 13.6. The molecule has 3 aromatic rings. The van der Waals surface area contributed by atoms with E-state index in [1.165, 1.54) is 12.3 Å². The summed E-state index contributed by atoms with van der Waals surface area (Å²) in [5.41, 5.74) is 1.21. The van der Waals surface area contributed by atoms with Crippen molar-refractivity contribution in [1.29, 1.82) is 0 Å². The predicted molar refractivity (Wildman–Crippen MR) is 93.3 cm³/mol. The molecule has 0 aliphatic carbocycles. The summed E-state index contributed by atoms with van der Waals surface area (Å²) in [4.78, 5) is 16.3. The maximum Gasteiger partial charge on any atom is 0.257 e. The van der Waals surface area contributed by atoms with Crippen molar-refractivity contribution in [1.82, 2.24) is 4.98 Å². The molecule has 6 heteroatoms. The first-order chi connectivity index (χ1) is 11.6. The molecule has 3 rings (SSSR count). The fourth-order valence-corrected chi connectivity index (χ4v) is 2.24. The van der Waals surface area contributed by atoms with Gasteiger partial charge in [-0.2, -0.15) is 0 Å².